The first kappa shape index (κ1) is 9.78. The minimum absolute atomic E-state index is 0.632. The predicted molar refractivity (Wildman–Crippen MR) is 67.9 cm³/mol. The van der Waals surface area contributed by atoms with Gasteiger partial charge in [-0.15, -0.1) is 0 Å². The molecule has 1 aromatic rings. The smallest absolute Gasteiger partial charge is 0.142 e. The van der Waals surface area contributed by atoms with Crippen molar-refractivity contribution in [1.29, 1.82) is 0 Å². The van der Waals surface area contributed by atoms with Crippen LogP contribution in [0.1, 0.15) is 30.7 Å². The summed E-state index contributed by atoms with van der Waals surface area (Å²) in [5, 5.41) is 4.85. The van der Waals surface area contributed by atoms with Crippen molar-refractivity contribution < 1.29 is 0 Å². The van der Waals surface area contributed by atoms with Crippen LogP contribution in [-0.4, -0.2) is 21.9 Å². The average Bonchev–Trinajstić information content (AvgIpc) is 2.80. The molecule has 1 saturated carbocycles. The molecule has 0 aromatic carbocycles. The fourth-order valence-corrected chi connectivity index (χ4v) is 4.04. The van der Waals surface area contributed by atoms with Crippen molar-refractivity contribution in [2.45, 2.75) is 31.2 Å². The van der Waals surface area contributed by atoms with Gasteiger partial charge < -0.3 is 11.1 Å². The van der Waals surface area contributed by atoms with E-state index in [9.17, 15) is 0 Å². The zero-order valence-electron chi connectivity index (χ0n) is 8.53. The van der Waals surface area contributed by atoms with Crippen LogP contribution in [0.5, 0.6) is 0 Å². The van der Waals surface area contributed by atoms with Crippen LogP contribution in [0, 0.1) is 0 Å². The first-order chi connectivity index (χ1) is 7.34. The highest BCUT2D eigenvalue weighted by molar-refractivity contribution is 7.99. The largest absolute Gasteiger partial charge is 0.383 e. The summed E-state index contributed by atoms with van der Waals surface area (Å²) in [5.74, 6) is 3.96. The molecule has 3 rings (SSSR count). The number of aromatic nitrogens is 1. The zero-order chi connectivity index (χ0) is 10.3. The molecule has 2 heterocycles. The van der Waals surface area contributed by atoms with Gasteiger partial charge in [-0.2, -0.15) is 16.1 Å². The molecule has 1 aromatic heterocycles. The minimum atomic E-state index is 0.632. The van der Waals surface area contributed by atoms with E-state index in [0.29, 0.717) is 12.0 Å². The Morgan fingerprint density at radius 3 is 2.87 bits per heavy atom. The van der Waals surface area contributed by atoms with E-state index in [1.54, 1.807) is 0 Å². The second-order valence-electron chi connectivity index (χ2n) is 4.29. The molecule has 0 amide bonds. The second-order valence-corrected chi connectivity index (χ2v) is 6.21. The summed E-state index contributed by atoms with van der Waals surface area (Å²) >= 11 is 3.56. The molecule has 0 bridgehead atoms. The molecule has 1 unspecified atom stereocenters. The number of nitrogen functional groups attached to an aromatic ring is 1. The predicted octanol–water partition coefficient (Wildman–Crippen LogP) is 2.52. The van der Waals surface area contributed by atoms with Crippen LogP contribution < -0.4 is 11.1 Å². The zero-order valence-corrected chi connectivity index (χ0v) is 10.2. The van der Waals surface area contributed by atoms with Gasteiger partial charge in [0.25, 0.3) is 0 Å². The highest BCUT2D eigenvalue weighted by Crippen LogP contribution is 2.48. The van der Waals surface area contributed by atoms with Crippen molar-refractivity contribution in [1.82, 2.24) is 4.37 Å². The number of rotatable bonds is 3. The van der Waals surface area contributed by atoms with E-state index < -0.39 is 0 Å². The summed E-state index contributed by atoms with van der Waals surface area (Å²) in [7, 11) is 0. The standard InChI is InChI=1S/C10H15N3S2/c11-9-8(6-1-2-6)10(15-13-9)12-7-3-4-14-5-7/h6-7,12H,1-5H2,(H2,11,13). The first-order valence-electron chi connectivity index (χ1n) is 5.44. The summed E-state index contributed by atoms with van der Waals surface area (Å²) in [6.07, 6.45) is 3.85. The van der Waals surface area contributed by atoms with Gasteiger partial charge in [-0.25, -0.2) is 0 Å². The molecule has 1 aliphatic heterocycles. The summed E-state index contributed by atoms with van der Waals surface area (Å²) in [5.41, 5.74) is 7.21. The third-order valence-electron chi connectivity index (χ3n) is 3.01. The van der Waals surface area contributed by atoms with Gasteiger partial charge in [0.2, 0.25) is 0 Å². The summed E-state index contributed by atoms with van der Waals surface area (Å²) < 4.78 is 4.27. The number of nitrogens with one attached hydrogen (secondary N) is 1. The third-order valence-corrected chi connectivity index (χ3v) is 4.98. The van der Waals surface area contributed by atoms with Crippen LogP contribution in [0.2, 0.25) is 0 Å². The van der Waals surface area contributed by atoms with E-state index in [0.717, 1.165) is 5.82 Å². The van der Waals surface area contributed by atoms with Crippen LogP contribution in [0.3, 0.4) is 0 Å². The molecule has 0 spiro atoms. The maximum atomic E-state index is 5.91. The number of thioether (sulfide) groups is 1. The number of anilines is 2. The molecule has 3 nitrogen and oxygen atoms in total. The minimum Gasteiger partial charge on any atom is -0.383 e. The van der Waals surface area contributed by atoms with Gasteiger partial charge in [-0.05, 0) is 42.5 Å². The molecule has 1 saturated heterocycles. The van der Waals surface area contributed by atoms with E-state index in [4.69, 9.17) is 5.73 Å². The highest BCUT2D eigenvalue weighted by Gasteiger charge is 2.31. The lowest BCUT2D eigenvalue weighted by Gasteiger charge is -2.12. The lowest BCUT2D eigenvalue weighted by atomic mass is 10.2. The molecular weight excluding hydrogens is 226 g/mol. The van der Waals surface area contributed by atoms with Crippen molar-refractivity contribution in [3.8, 4) is 0 Å². The Morgan fingerprint density at radius 2 is 2.20 bits per heavy atom. The van der Waals surface area contributed by atoms with Crippen molar-refractivity contribution in [2.24, 2.45) is 0 Å². The van der Waals surface area contributed by atoms with Crippen LogP contribution >= 0.6 is 23.3 Å². The Bertz CT molecular complexity index is 354. The lowest BCUT2D eigenvalue weighted by molar-refractivity contribution is 0.814. The van der Waals surface area contributed by atoms with Crippen molar-refractivity contribution >= 4 is 34.1 Å². The van der Waals surface area contributed by atoms with E-state index in [1.807, 2.05) is 11.8 Å². The summed E-state index contributed by atoms with van der Waals surface area (Å²) in [4.78, 5) is 0. The van der Waals surface area contributed by atoms with Gasteiger partial charge in [-0.1, -0.05) is 0 Å². The van der Waals surface area contributed by atoms with Crippen LogP contribution in [0.4, 0.5) is 10.8 Å². The third kappa shape index (κ3) is 1.95. The van der Waals surface area contributed by atoms with Crippen molar-refractivity contribution in [2.75, 3.05) is 22.6 Å². The molecule has 1 atom stereocenters. The van der Waals surface area contributed by atoms with Gasteiger partial charge in [-0.3, -0.25) is 0 Å². The number of nitrogens with two attached hydrogens (primary N) is 1. The molecule has 2 aliphatic rings. The molecule has 82 valence electrons. The molecule has 2 fully saturated rings. The van der Waals surface area contributed by atoms with E-state index in [2.05, 4.69) is 9.69 Å². The number of hydrogen-bond acceptors (Lipinski definition) is 5. The summed E-state index contributed by atoms with van der Waals surface area (Å²) in [6, 6.07) is 0.632. The van der Waals surface area contributed by atoms with E-state index >= 15 is 0 Å². The van der Waals surface area contributed by atoms with Gasteiger partial charge in [0.1, 0.15) is 10.8 Å². The van der Waals surface area contributed by atoms with Gasteiger partial charge >= 0.3 is 0 Å². The van der Waals surface area contributed by atoms with Crippen molar-refractivity contribution in [3.63, 3.8) is 0 Å². The maximum absolute atomic E-state index is 5.91. The molecular formula is C10H15N3S2. The Labute approximate surface area is 98.0 Å². The van der Waals surface area contributed by atoms with Gasteiger partial charge in [0.05, 0.1) is 0 Å². The Hall–Kier alpha value is -0.420. The number of hydrogen-bond donors (Lipinski definition) is 2. The Balaban J connectivity index is 1.78. The fourth-order valence-electron chi connectivity index (χ4n) is 2.01. The summed E-state index contributed by atoms with van der Waals surface area (Å²) in [6.45, 7) is 0. The van der Waals surface area contributed by atoms with Crippen molar-refractivity contribution in [3.05, 3.63) is 5.56 Å². The van der Waals surface area contributed by atoms with Gasteiger partial charge in [0, 0.05) is 17.4 Å². The molecule has 0 radical (unpaired) electrons. The average molecular weight is 241 g/mol. The quantitative estimate of drug-likeness (QED) is 0.854. The molecule has 5 heteroatoms. The van der Waals surface area contributed by atoms with Crippen LogP contribution in [0.15, 0.2) is 0 Å². The van der Waals surface area contributed by atoms with E-state index in [-0.39, 0.29) is 0 Å². The topological polar surface area (TPSA) is 50.9 Å². The fraction of sp³-hybridized carbons (Fsp3) is 0.700. The monoisotopic (exact) mass is 241 g/mol. The Morgan fingerprint density at radius 1 is 1.33 bits per heavy atom. The molecule has 3 N–H and O–H groups in total. The van der Waals surface area contributed by atoms with Crippen LogP contribution in [0.25, 0.3) is 0 Å². The second kappa shape index (κ2) is 3.87. The highest BCUT2D eigenvalue weighted by atomic mass is 32.2. The molecule has 1 aliphatic carbocycles. The molecule has 15 heavy (non-hydrogen) atoms. The first-order valence-corrected chi connectivity index (χ1v) is 7.36. The number of nitrogens with zero attached hydrogens (tertiary/aromatic N) is 1. The SMILES string of the molecule is Nc1nsc(NC2CCSC2)c1C1CC1. The Kier molecular flexibility index (Phi) is 2.52. The normalized spacial score (nSPS) is 25.7. The lowest BCUT2D eigenvalue weighted by Crippen LogP contribution is -2.18. The maximum Gasteiger partial charge on any atom is 0.142 e. The van der Waals surface area contributed by atoms with Crippen LogP contribution in [-0.2, 0) is 0 Å². The van der Waals surface area contributed by atoms with Gasteiger partial charge in [0.15, 0.2) is 0 Å². The van der Waals surface area contributed by atoms with E-state index in [1.165, 1.54) is 52.9 Å².